The van der Waals surface area contributed by atoms with E-state index in [2.05, 4.69) is 15.6 Å². The third kappa shape index (κ3) is 4.98. The molecule has 2 aromatic carbocycles. The lowest BCUT2D eigenvalue weighted by atomic mass is 10.1. The number of methoxy groups -OCH3 is 2. The molecule has 1 heterocycles. The summed E-state index contributed by atoms with van der Waals surface area (Å²) in [5.41, 5.74) is 0.861. The van der Waals surface area contributed by atoms with Crippen molar-refractivity contribution in [1.29, 1.82) is 0 Å². The third-order valence-corrected chi connectivity index (χ3v) is 4.08. The number of ether oxygens (including phenoxy) is 2. The van der Waals surface area contributed by atoms with Gasteiger partial charge in [-0.2, -0.15) is 0 Å². The number of halogens is 2. The second kappa shape index (κ2) is 9.01. The maximum atomic E-state index is 13.7. The fourth-order valence-corrected chi connectivity index (χ4v) is 2.67. The molecule has 0 unspecified atom stereocenters. The van der Waals surface area contributed by atoms with Crippen molar-refractivity contribution in [3.05, 3.63) is 71.9 Å². The number of hydrogen-bond donors (Lipinski definition) is 2. The number of aromatic nitrogens is 1. The molecule has 2 N–H and O–H groups in total. The van der Waals surface area contributed by atoms with Gasteiger partial charge in [0, 0.05) is 0 Å². The average molecular weight is 399 g/mol. The fourth-order valence-electron chi connectivity index (χ4n) is 2.67. The molecule has 0 radical (unpaired) electrons. The minimum atomic E-state index is -0.711. The van der Waals surface area contributed by atoms with E-state index in [0.29, 0.717) is 23.0 Å². The molecule has 3 rings (SSSR count). The van der Waals surface area contributed by atoms with E-state index in [9.17, 15) is 13.6 Å². The molecule has 8 heteroatoms. The van der Waals surface area contributed by atoms with Gasteiger partial charge < -0.3 is 20.1 Å². The zero-order chi connectivity index (χ0) is 20.8. The van der Waals surface area contributed by atoms with E-state index >= 15 is 0 Å². The highest BCUT2D eigenvalue weighted by Gasteiger charge is 2.11. The fraction of sp³-hybridized carbons (Fsp3) is 0.143. The van der Waals surface area contributed by atoms with Crippen molar-refractivity contribution in [1.82, 2.24) is 4.98 Å². The van der Waals surface area contributed by atoms with Gasteiger partial charge in [0.1, 0.15) is 23.1 Å². The van der Waals surface area contributed by atoms with E-state index in [1.54, 1.807) is 24.3 Å². The number of nitrogens with zero attached hydrogens (tertiary/aromatic N) is 1. The molecule has 0 fully saturated rings. The smallest absolute Gasteiger partial charge is 0.229 e. The number of para-hydroxylation sites is 1. The van der Waals surface area contributed by atoms with Crippen molar-refractivity contribution in [3.8, 4) is 11.5 Å². The highest BCUT2D eigenvalue weighted by molar-refractivity contribution is 5.91. The van der Waals surface area contributed by atoms with Gasteiger partial charge in [0.2, 0.25) is 5.91 Å². The summed E-state index contributed by atoms with van der Waals surface area (Å²) >= 11 is 0. The Morgan fingerprint density at radius 2 is 1.72 bits per heavy atom. The van der Waals surface area contributed by atoms with Gasteiger partial charge in [-0.25, -0.2) is 13.8 Å². The standard InChI is InChI=1S/C21H19F2N3O3/c1-28-17-8-6-13(10-18(17)29-2)11-20(27)26-19-9-7-14(12-24-19)25-21-15(22)4-3-5-16(21)23/h3-10,12,25H,11H2,1-2H3,(H,24,26,27). The molecule has 29 heavy (non-hydrogen) atoms. The quantitative estimate of drug-likeness (QED) is 0.620. The summed E-state index contributed by atoms with van der Waals surface area (Å²) in [6.45, 7) is 0. The Balaban J connectivity index is 1.63. The van der Waals surface area contributed by atoms with Gasteiger partial charge in [-0.15, -0.1) is 0 Å². The SMILES string of the molecule is COc1ccc(CC(=O)Nc2ccc(Nc3c(F)cccc3F)cn2)cc1OC. The van der Waals surface area contributed by atoms with Crippen molar-refractivity contribution >= 4 is 23.1 Å². The van der Waals surface area contributed by atoms with Crippen molar-refractivity contribution in [2.45, 2.75) is 6.42 Å². The molecule has 0 saturated carbocycles. The molecule has 3 aromatic rings. The highest BCUT2D eigenvalue weighted by atomic mass is 19.1. The molecule has 0 aliphatic rings. The number of pyridine rings is 1. The lowest BCUT2D eigenvalue weighted by Gasteiger charge is -2.11. The summed E-state index contributed by atoms with van der Waals surface area (Å²) < 4.78 is 37.8. The molecule has 0 saturated heterocycles. The molecule has 0 atom stereocenters. The summed E-state index contributed by atoms with van der Waals surface area (Å²) in [6.07, 6.45) is 1.49. The van der Waals surface area contributed by atoms with Crippen molar-refractivity contribution in [2.24, 2.45) is 0 Å². The van der Waals surface area contributed by atoms with Gasteiger partial charge in [0.05, 0.1) is 32.5 Å². The molecular formula is C21H19F2N3O3. The van der Waals surface area contributed by atoms with Gasteiger partial charge in [0.15, 0.2) is 11.5 Å². The first kappa shape index (κ1) is 20.1. The topological polar surface area (TPSA) is 72.5 Å². The number of nitrogens with one attached hydrogen (secondary N) is 2. The maximum Gasteiger partial charge on any atom is 0.229 e. The highest BCUT2D eigenvalue weighted by Crippen LogP contribution is 2.28. The number of amides is 1. The van der Waals surface area contributed by atoms with E-state index in [1.165, 1.54) is 32.5 Å². The second-order valence-corrected chi connectivity index (χ2v) is 6.07. The van der Waals surface area contributed by atoms with E-state index in [0.717, 1.165) is 17.7 Å². The van der Waals surface area contributed by atoms with Crippen LogP contribution in [0.15, 0.2) is 54.7 Å². The van der Waals surface area contributed by atoms with Crippen LogP contribution in [-0.4, -0.2) is 25.1 Å². The van der Waals surface area contributed by atoms with E-state index < -0.39 is 11.6 Å². The summed E-state index contributed by atoms with van der Waals surface area (Å²) in [5.74, 6) is -0.269. The Labute approximate surface area is 166 Å². The van der Waals surface area contributed by atoms with Crippen molar-refractivity contribution in [3.63, 3.8) is 0 Å². The summed E-state index contributed by atoms with van der Waals surface area (Å²) in [5, 5.41) is 5.31. The minimum absolute atomic E-state index is 0.114. The summed E-state index contributed by atoms with van der Waals surface area (Å²) in [7, 11) is 3.06. The first-order chi connectivity index (χ1) is 14.0. The maximum absolute atomic E-state index is 13.7. The van der Waals surface area contributed by atoms with Crippen LogP contribution in [0, 0.1) is 11.6 Å². The van der Waals surface area contributed by atoms with Crippen LogP contribution in [0.1, 0.15) is 5.56 Å². The molecule has 0 spiro atoms. The minimum Gasteiger partial charge on any atom is -0.493 e. The van der Waals surface area contributed by atoms with Gasteiger partial charge in [-0.1, -0.05) is 12.1 Å². The first-order valence-electron chi connectivity index (χ1n) is 8.68. The average Bonchev–Trinajstić information content (AvgIpc) is 2.72. The molecule has 0 bridgehead atoms. The predicted octanol–water partition coefficient (Wildman–Crippen LogP) is 4.30. The van der Waals surface area contributed by atoms with Crippen LogP contribution < -0.4 is 20.1 Å². The lowest BCUT2D eigenvalue weighted by Crippen LogP contribution is -2.15. The number of benzene rings is 2. The molecule has 1 amide bonds. The van der Waals surface area contributed by atoms with Gasteiger partial charge in [-0.05, 0) is 42.0 Å². The summed E-state index contributed by atoms with van der Waals surface area (Å²) in [4.78, 5) is 16.4. The van der Waals surface area contributed by atoms with Crippen LogP contribution in [0.2, 0.25) is 0 Å². The Morgan fingerprint density at radius 1 is 1.00 bits per heavy atom. The first-order valence-corrected chi connectivity index (χ1v) is 8.68. The van der Waals surface area contributed by atoms with E-state index in [4.69, 9.17) is 9.47 Å². The van der Waals surface area contributed by atoms with Crippen LogP contribution in [0.25, 0.3) is 0 Å². The molecule has 0 aliphatic carbocycles. The van der Waals surface area contributed by atoms with E-state index in [-0.39, 0.29) is 18.0 Å². The van der Waals surface area contributed by atoms with Gasteiger partial charge >= 0.3 is 0 Å². The van der Waals surface area contributed by atoms with Gasteiger partial charge in [-0.3, -0.25) is 4.79 Å². The Kier molecular flexibility index (Phi) is 6.23. The number of hydrogen-bond acceptors (Lipinski definition) is 5. The van der Waals surface area contributed by atoms with Crippen LogP contribution in [0.3, 0.4) is 0 Å². The molecular weight excluding hydrogens is 380 g/mol. The number of carbonyl (C=O) groups is 1. The van der Waals surface area contributed by atoms with Crippen molar-refractivity contribution in [2.75, 3.05) is 24.9 Å². The third-order valence-electron chi connectivity index (χ3n) is 4.08. The predicted molar refractivity (Wildman–Crippen MR) is 106 cm³/mol. The Bertz CT molecular complexity index is 990. The Morgan fingerprint density at radius 3 is 2.34 bits per heavy atom. The molecule has 0 aliphatic heterocycles. The van der Waals surface area contributed by atoms with Crippen LogP contribution in [0.5, 0.6) is 11.5 Å². The zero-order valence-corrected chi connectivity index (χ0v) is 15.8. The summed E-state index contributed by atoms with van der Waals surface area (Å²) in [6, 6.07) is 11.9. The molecule has 6 nitrogen and oxygen atoms in total. The monoisotopic (exact) mass is 399 g/mol. The largest absolute Gasteiger partial charge is 0.493 e. The lowest BCUT2D eigenvalue weighted by molar-refractivity contribution is -0.115. The van der Waals surface area contributed by atoms with E-state index in [1.807, 2.05) is 0 Å². The normalized spacial score (nSPS) is 10.3. The van der Waals surface area contributed by atoms with Gasteiger partial charge in [0.25, 0.3) is 0 Å². The second-order valence-electron chi connectivity index (χ2n) is 6.07. The van der Waals surface area contributed by atoms with Crippen LogP contribution in [-0.2, 0) is 11.2 Å². The molecule has 1 aromatic heterocycles. The van der Waals surface area contributed by atoms with Crippen molar-refractivity contribution < 1.29 is 23.0 Å². The molecule has 150 valence electrons. The number of anilines is 3. The Hall–Kier alpha value is -3.68. The number of carbonyl (C=O) groups excluding carboxylic acids is 1. The number of rotatable bonds is 7. The van der Waals surface area contributed by atoms with Crippen LogP contribution >= 0.6 is 0 Å². The van der Waals surface area contributed by atoms with Crippen LogP contribution in [0.4, 0.5) is 26.0 Å². The zero-order valence-electron chi connectivity index (χ0n) is 15.8.